The highest BCUT2D eigenvalue weighted by Crippen LogP contribution is 2.29. The Bertz CT molecular complexity index is 367. The van der Waals surface area contributed by atoms with Gasteiger partial charge in [0.25, 0.3) is 0 Å². The summed E-state index contributed by atoms with van der Waals surface area (Å²) in [4.78, 5) is 0. The van der Waals surface area contributed by atoms with Crippen LogP contribution in [-0.4, -0.2) is 32.5 Å². The van der Waals surface area contributed by atoms with Gasteiger partial charge in [-0.15, -0.1) is 0 Å². The first kappa shape index (κ1) is 13.3. The molecule has 1 saturated heterocycles. The van der Waals surface area contributed by atoms with Crippen molar-refractivity contribution >= 4 is 0 Å². The van der Waals surface area contributed by atoms with Crippen molar-refractivity contribution < 1.29 is 14.2 Å². The van der Waals surface area contributed by atoms with Crippen LogP contribution in [0.25, 0.3) is 0 Å². The number of para-hydroxylation sites is 1. The molecular weight excluding hydrogens is 232 g/mol. The third-order valence-corrected chi connectivity index (χ3v) is 2.95. The molecule has 100 valence electrons. The van der Waals surface area contributed by atoms with Crippen LogP contribution < -0.4 is 16.0 Å². The van der Waals surface area contributed by atoms with Crippen LogP contribution in [-0.2, 0) is 9.47 Å². The Morgan fingerprint density at radius 2 is 2.28 bits per heavy atom. The van der Waals surface area contributed by atoms with E-state index in [9.17, 15) is 0 Å². The van der Waals surface area contributed by atoms with Gasteiger partial charge in [0.1, 0.15) is 11.9 Å². The summed E-state index contributed by atoms with van der Waals surface area (Å²) in [6.45, 7) is 4.36. The molecule has 3 N–H and O–H groups in total. The second kappa shape index (κ2) is 6.70. The molecule has 1 aromatic carbocycles. The maximum absolute atomic E-state index is 5.70. The first-order chi connectivity index (χ1) is 8.86. The number of rotatable bonds is 5. The van der Waals surface area contributed by atoms with Crippen LogP contribution in [0.3, 0.4) is 0 Å². The summed E-state index contributed by atoms with van der Waals surface area (Å²) in [5.74, 6) is 6.49. The van der Waals surface area contributed by atoms with Gasteiger partial charge in [0, 0.05) is 5.56 Å². The molecule has 0 amide bonds. The Labute approximate surface area is 107 Å². The van der Waals surface area contributed by atoms with Crippen LogP contribution in [0.4, 0.5) is 0 Å². The van der Waals surface area contributed by atoms with Gasteiger partial charge in [0.2, 0.25) is 0 Å². The fraction of sp³-hybridized carbons (Fsp3) is 0.538. The average Bonchev–Trinajstić information content (AvgIpc) is 2.43. The fourth-order valence-corrected chi connectivity index (χ4v) is 2.12. The highest BCUT2D eigenvalue weighted by molar-refractivity contribution is 5.36. The fourth-order valence-electron chi connectivity index (χ4n) is 2.12. The average molecular weight is 252 g/mol. The minimum absolute atomic E-state index is 0.0923. The second-order valence-corrected chi connectivity index (χ2v) is 4.10. The predicted octanol–water partition coefficient (Wildman–Crippen LogP) is 1.01. The van der Waals surface area contributed by atoms with E-state index in [2.05, 4.69) is 5.43 Å². The molecule has 1 heterocycles. The van der Waals surface area contributed by atoms with E-state index in [1.165, 1.54) is 0 Å². The SMILES string of the molecule is CCOc1ccccc1C(NN)C1COCCO1. The van der Waals surface area contributed by atoms with Crippen LogP contribution in [0.15, 0.2) is 24.3 Å². The van der Waals surface area contributed by atoms with E-state index < -0.39 is 0 Å². The maximum atomic E-state index is 5.70. The van der Waals surface area contributed by atoms with Gasteiger partial charge < -0.3 is 14.2 Å². The first-order valence-electron chi connectivity index (χ1n) is 6.24. The van der Waals surface area contributed by atoms with Crippen molar-refractivity contribution in [2.45, 2.75) is 19.1 Å². The zero-order chi connectivity index (χ0) is 12.8. The maximum Gasteiger partial charge on any atom is 0.124 e. The minimum Gasteiger partial charge on any atom is -0.494 e. The van der Waals surface area contributed by atoms with Crippen molar-refractivity contribution in [1.29, 1.82) is 0 Å². The lowest BCUT2D eigenvalue weighted by Gasteiger charge is -2.31. The molecule has 2 unspecified atom stereocenters. The lowest BCUT2D eigenvalue weighted by Crippen LogP contribution is -2.43. The van der Waals surface area contributed by atoms with Gasteiger partial charge in [-0.1, -0.05) is 18.2 Å². The summed E-state index contributed by atoms with van der Waals surface area (Å²) in [6.07, 6.45) is -0.0923. The molecule has 1 aliphatic heterocycles. The van der Waals surface area contributed by atoms with Crippen LogP contribution in [0.1, 0.15) is 18.5 Å². The topological polar surface area (TPSA) is 65.7 Å². The number of hydrogen-bond donors (Lipinski definition) is 2. The van der Waals surface area contributed by atoms with Crippen LogP contribution in [0.5, 0.6) is 5.75 Å². The number of nitrogens with two attached hydrogens (primary N) is 1. The first-order valence-corrected chi connectivity index (χ1v) is 6.24. The van der Waals surface area contributed by atoms with E-state index in [0.29, 0.717) is 26.4 Å². The van der Waals surface area contributed by atoms with Gasteiger partial charge in [-0.3, -0.25) is 11.3 Å². The van der Waals surface area contributed by atoms with Crippen molar-refractivity contribution in [3.8, 4) is 5.75 Å². The van der Waals surface area contributed by atoms with Gasteiger partial charge in [-0.2, -0.15) is 0 Å². The zero-order valence-corrected chi connectivity index (χ0v) is 10.6. The van der Waals surface area contributed by atoms with Crippen LogP contribution in [0.2, 0.25) is 0 Å². The number of nitrogens with one attached hydrogen (secondary N) is 1. The molecule has 0 radical (unpaired) electrons. The third-order valence-electron chi connectivity index (χ3n) is 2.95. The normalized spacial score (nSPS) is 21.6. The molecule has 0 saturated carbocycles. The van der Waals surface area contributed by atoms with Crippen LogP contribution >= 0.6 is 0 Å². The molecule has 2 rings (SSSR count). The standard InChI is InChI=1S/C13H20N2O3/c1-2-17-11-6-4-3-5-10(11)13(15-14)12-9-16-7-8-18-12/h3-6,12-13,15H,2,7-9,14H2,1H3. The Kier molecular flexibility index (Phi) is 4.95. The van der Waals surface area contributed by atoms with Gasteiger partial charge in [-0.25, -0.2) is 0 Å². The number of ether oxygens (including phenoxy) is 3. The molecule has 0 aliphatic carbocycles. The van der Waals surface area contributed by atoms with Gasteiger partial charge in [-0.05, 0) is 13.0 Å². The molecule has 0 aromatic heterocycles. The Morgan fingerprint density at radius 1 is 1.44 bits per heavy atom. The molecule has 5 heteroatoms. The lowest BCUT2D eigenvalue weighted by atomic mass is 10.0. The number of hydrogen-bond acceptors (Lipinski definition) is 5. The highest BCUT2D eigenvalue weighted by atomic mass is 16.6. The second-order valence-electron chi connectivity index (χ2n) is 4.10. The minimum atomic E-state index is -0.131. The molecule has 0 bridgehead atoms. The lowest BCUT2D eigenvalue weighted by molar-refractivity contribution is -0.102. The summed E-state index contributed by atoms with van der Waals surface area (Å²) < 4.78 is 16.7. The van der Waals surface area contributed by atoms with E-state index in [1.807, 2.05) is 31.2 Å². The number of benzene rings is 1. The van der Waals surface area contributed by atoms with E-state index >= 15 is 0 Å². The highest BCUT2D eigenvalue weighted by Gasteiger charge is 2.27. The Balaban J connectivity index is 2.20. The Morgan fingerprint density at radius 3 is 2.94 bits per heavy atom. The summed E-state index contributed by atoms with van der Waals surface area (Å²) >= 11 is 0. The van der Waals surface area contributed by atoms with E-state index in [4.69, 9.17) is 20.1 Å². The van der Waals surface area contributed by atoms with Crippen molar-refractivity contribution in [3.05, 3.63) is 29.8 Å². The molecule has 5 nitrogen and oxygen atoms in total. The van der Waals surface area contributed by atoms with Crippen molar-refractivity contribution in [1.82, 2.24) is 5.43 Å². The summed E-state index contributed by atoms with van der Waals surface area (Å²) in [6, 6.07) is 7.71. The van der Waals surface area contributed by atoms with Gasteiger partial charge in [0.15, 0.2) is 0 Å². The monoisotopic (exact) mass is 252 g/mol. The smallest absolute Gasteiger partial charge is 0.124 e. The van der Waals surface area contributed by atoms with Crippen molar-refractivity contribution in [2.75, 3.05) is 26.4 Å². The van der Waals surface area contributed by atoms with E-state index in [-0.39, 0.29) is 12.1 Å². The molecule has 1 fully saturated rings. The Hall–Kier alpha value is -1.14. The molecule has 2 atom stereocenters. The van der Waals surface area contributed by atoms with E-state index in [0.717, 1.165) is 11.3 Å². The summed E-state index contributed by atoms with van der Waals surface area (Å²) in [7, 11) is 0. The van der Waals surface area contributed by atoms with Crippen molar-refractivity contribution in [2.24, 2.45) is 5.84 Å². The van der Waals surface area contributed by atoms with Crippen molar-refractivity contribution in [3.63, 3.8) is 0 Å². The summed E-state index contributed by atoms with van der Waals surface area (Å²) in [5.41, 5.74) is 3.80. The largest absolute Gasteiger partial charge is 0.494 e. The van der Waals surface area contributed by atoms with Gasteiger partial charge in [0.05, 0.1) is 32.5 Å². The zero-order valence-electron chi connectivity index (χ0n) is 10.6. The van der Waals surface area contributed by atoms with E-state index in [1.54, 1.807) is 0 Å². The molecule has 1 aromatic rings. The molecular formula is C13H20N2O3. The molecule has 0 spiro atoms. The number of hydrazine groups is 1. The quantitative estimate of drug-likeness (QED) is 0.604. The van der Waals surface area contributed by atoms with Gasteiger partial charge >= 0.3 is 0 Å². The third kappa shape index (κ3) is 3.00. The molecule has 18 heavy (non-hydrogen) atoms. The summed E-state index contributed by atoms with van der Waals surface area (Å²) in [5, 5.41) is 0. The molecule has 1 aliphatic rings. The predicted molar refractivity (Wildman–Crippen MR) is 68.2 cm³/mol. The van der Waals surface area contributed by atoms with Crippen LogP contribution in [0, 0.1) is 0 Å².